The average Bonchev–Trinajstić information content (AvgIpc) is 2.74. The Kier molecular flexibility index (Phi) is 3.66. The summed E-state index contributed by atoms with van der Waals surface area (Å²) < 4.78 is 39.9. The van der Waals surface area contributed by atoms with E-state index in [0.29, 0.717) is 13.1 Å². The fourth-order valence-corrected chi connectivity index (χ4v) is 1.63. The highest BCUT2D eigenvalue weighted by Crippen LogP contribution is 2.22. The molecule has 11 heteroatoms. The highest BCUT2D eigenvalue weighted by atomic mass is 32.1. The first-order valence-electron chi connectivity index (χ1n) is 5.00. The van der Waals surface area contributed by atoms with E-state index in [1.165, 1.54) is 5.38 Å². The van der Waals surface area contributed by atoms with Gasteiger partial charge >= 0.3 is 12.1 Å². The van der Waals surface area contributed by atoms with Crippen molar-refractivity contribution in [3.8, 4) is 0 Å². The molecule has 0 aliphatic carbocycles. The number of nitrogens with one attached hydrogen (secondary N) is 1. The van der Waals surface area contributed by atoms with Gasteiger partial charge in [0.05, 0.1) is 11.3 Å². The third kappa shape index (κ3) is 2.98. The van der Waals surface area contributed by atoms with Crippen LogP contribution in [0.25, 0.3) is 0 Å². The van der Waals surface area contributed by atoms with Crippen LogP contribution in [0.5, 0.6) is 0 Å². The topological polar surface area (TPSA) is 84.4 Å². The van der Waals surface area contributed by atoms with Crippen LogP contribution < -0.4 is 10.4 Å². The summed E-state index contributed by atoms with van der Waals surface area (Å²) in [7, 11) is 0. The minimum absolute atomic E-state index is 0.241. The first-order chi connectivity index (χ1) is 8.89. The maximum Gasteiger partial charge on any atom is 0.493 e. The largest absolute Gasteiger partial charge is 0.493 e. The van der Waals surface area contributed by atoms with Gasteiger partial charge in [-0.25, -0.2) is 4.79 Å². The van der Waals surface area contributed by atoms with Crippen LogP contribution in [-0.2, 0) is 14.4 Å². The minimum atomic E-state index is -5.19. The van der Waals surface area contributed by atoms with Gasteiger partial charge in [-0.05, 0) is 11.5 Å². The monoisotopic (exact) mass is 296 g/mol. The lowest BCUT2D eigenvalue weighted by atomic mass is 10.0. The Morgan fingerprint density at radius 1 is 1.47 bits per heavy atom. The number of hydroxylamine groups is 1. The third-order valence-electron chi connectivity index (χ3n) is 2.29. The minimum Gasteiger partial charge on any atom is -0.323 e. The number of anilines is 1. The smallest absolute Gasteiger partial charge is 0.323 e. The van der Waals surface area contributed by atoms with Gasteiger partial charge in [0.2, 0.25) is 5.82 Å². The summed E-state index contributed by atoms with van der Waals surface area (Å²) in [6, 6.07) is 0. The van der Waals surface area contributed by atoms with Gasteiger partial charge in [0.1, 0.15) is 0 Å². The Morgan fingerprint density at radius 2 is 2.16 bits per heavy atom. The molecule has 1 aromatic heterocycles. The van der Waals surface area contributed by atoms with E-state index in [1.54, 1.807) is 0 Å². The van der Waals surface area contributed by atoms with E-state index in [4.69, 9.17) is 0 Å². The van der Waals surface area contributed by atoms with Crippen molar-refractivity contribution in [2.24, 2.45) is 5.92 Å². The summed E-state index contributed by atoms with van der Waals surface area (Å²) in [4.78, 5) is 26.7. The zero-order valence-electron chi connectivity index (χ0n) is 9.18. The lowest BCUT2D eigenvalue weighted by molar-refractivity contribution is -0.202. The summed E-state index contributed by atoms with van der Waals surface area (Å²) in [5.41, 5.74) is 0. The zero-order chi connectivity index (χ0) is 14.0. The Balaban J connectivity index is 2.15. The van der Waals surface area contributed by atoms with Crippen LogP contribution in [-0.4, -0.2) is 40.7 Å². The number of hydrogen-bond donors (Lipinski definition) is 1. The lowest BCUT2D eigenvalue weighted by Gasteiger charge is -2.29. The molecule has 7 nitrogen and oxygen atoms in total. The molecule has 0 saturated carbocycles. The molecule has 0 radical (unpaired) electrons. The number of amides is 1. The predicted octanol–water partition coefficient (Wildman–Crippen LogP) is 0.111. The number of aromatic nitrogens is 2. The van der Waals surface area contributed by atoms with Crippen LogP contribution >= 0.6 is 11.5 Å². The molecule has 0 spiro atoms. The number of rotatable bonds is 2. The van der Waals surface area contributed by atoms with E-state index in [0.717, 1.165) is 11.5 Å². The fraction of sp³-hybridized carbons (Fsp3) is 0.500. The quantitative estimate of drug-likeness (QED) is 0.780. The van der Waals surface area contributed by atoms with Crippen molar-refractivity contribution in [3.05, 3.63) is 5.38 Å². The van der Waals surface area contributed by atoms with Crippen molar-refractivity contribution < 1.29 is 27.6 Å². The van der Waals surface area contributed by atoms with Gasteiger partial charge < -0.3 is 10.2 Å². The summed E-state index contributed by atoms with van der Waals surface area (Å²) in [6.07, 6.45) is -5.19. The molecule has 0 aromatic carbocycles. The van der Waals surface area contributed by atoms with Gasteiger partial charge in [-0.3, -0.25) is 4.79 Å². The molecule has 1 amide bonds. The lowest BCUT2D eigenvalue weighted by Crippen LogP contribution is -2.53. The molecular weight excluding hydrogens is 289 g/mol. The molecule has 0 unspecified atom stereocenters. The molecule has 0 bridgehead atoms. The van der Waals surface area contributed by atoms with Crippen LogP contribution in [0.15, 0.2) is 5.38 Å². The van der Waals surface area contributed by atoms with Crippen molar-refractivity contribution in [1.82, 2.24) is 14.9 Å². The first-order valence-corrected chi connectivity index (χ1v) is 5.84. The number of halogens is 3. The van der Waals surface area contributed by atoms with Crippen LogP contribution in [0.2, 0.25) is 0 Å². The van der Waals surface area contributed by atoms with E-state index in [-0.39, 0.29) is 10.9 Å². The molecule has 1 saturated heterocycles. The van der Waals surface area contributed by atoms with Gasteiger partial charge in [-0.1, -0.05) is 4.49 Å². The number of carbonyl (C=O) groups excluding carboxylic acids is 2. The third-order valence-corrected chi connectivity index (χ3v) is 2.79. The van der Waals surface area contributed by atoms with Crippen molar-refractivity contribution in [2.45, 2.75) is 6.18 Å². The number of alkyl halides is 3. The Hall–Kier alpha value is -1.75. The van der Waals surface area contributed by atoms with Gasteiger partial charge in [-0.2, -0.15) is 13.2 Å². The Morgan fingerprint density at radius 3 is 2.58 bits per heavy atom. The van der Waals surface area contributed by atoms with Crippen molar-refractivity contribution >= 4 is 29.2 Å². The SMILES string of the molecule is O=C(C1CNC1)N(OC(=O)C(F)(F)F)c1csnn1. The van der Waals surface area contributed by atoms with E-state index < -0.39 is 24.0 Å². The summed E-state index contributed by atoms with van der Waals surface area (Å²) >= 11 is 0.814. The normalized spacial score (nSPS) is 15.7. The second kappa shape index (κ2) is 5.09. The standard InChI is InChI=1S/C8H7F3N4O3S/c9-8(10,11)7(17)18-15(5-3-19-14-13-5)6(16)4-1-12-2-4/h3-4,12H,1-2H2. The molecule has 19 heavy (non-hydrogen) atoms. The van der Waals surface area contributed by atoms with E-state index >= 15 is 0 Å². The molecule has 1 fully saturated rings. The second-order valence-corrected chi connectivity index (χ2v) is 4.24. The molecule has 1 aliphatic heterocycles. The van der Waals surface area contributed by atoms with Gasteiger partial charge in [0, 0.05) is 13.1 Å². The van der Waals surface area contributed by atoms with E-state index in [1.807, 2.05) is 0 Å². The maximum atomic E-state index is 12.2. The second-order valence-electron chi connectivity index (χ2n) is 3.63. The van der Waals surface area contributed by atoms with Gasteiger partial charge in [0.15, 0.2) is 0 Å². The summed E-state index contributed by atoms with van der Waals surface area (Å²) in [6.45, 7) is 0.604. The predicted molar refractivity (Wildman–Crippen MR) is 55.9 cm³/mol. The van der Waals surface area contributed by atoms with Crippen molar-refractivity contribution in [3.63, 3.8) is 0 Å². The van der Waals surface area contributed by atoms with Crippen LogP contribution in [0, 0.1) is 5.92 Å². The molecule has 0 atom stereocenters. The van der Waals surface area contributed by atoms with Crippen LogP contribution in [0.4, 0.5) is 19.0 Å². The molecule has 2 rings (SSSR count). The van der Waals surface area contributed by atoms with Crippen LogP contribution in [0.1, 0.15) is 0 Å². The van der Waals surface area contributed by atoms with Gasteiger partial charge in [0.25, 0.3) is 5.91 Å². The number of nitrogens with zero attached hydrogens (tertiary/aromatic N) is 3. The van der Waals surface area contributed by atoms with Gasteiger partial charge in [-0.15, -0.1) is 10.2 Å². The molecule has 2 heterocycles. The summed E-state index contributed by atoms with van der Waals surface area (Å²) in [5, 5.41) is 7.65. The van der Waals surface area contributed by atoms with Crippen molar-refractivity contribution in [1.29, 1.82) is 0 Å². The maximum absolute atomic E-state index is 12.2. The van der Waals surface area contributed by atoms with E-state index in [2.05, 4.69) is 19.7 Å². The van der Waals surface area contributed by atoms with Crippen molar-refractivity contribution in [2.75, 3.05) is 18.2 Å². The highest BCUT2D eigenvalue weighted by Gasteiger charge is 2.45. The first kappa shape index (κ1) is 13.7. The summed E-state index contributed by atoms with van der Waals surface area (Å²) in [5.74, 6) is -4.06. The zero-order valence-corrected chi connectivity index (χ0v) is 9.99. The number of hydrogen-bond acceptors (Lipinski definition) is 7. The number of carbonyl (C=O) groups is 2. The molecule has 1 aromatic rings. The fourth-order valence-electron chi connectivity index (χ4n) is 1.22. The Labute approximate surface area is 108 Å². The van der Waals surface area contributed by atoms with E-state index in [9.17, 15) is 22.8 Å². The molecular formula is C8H7F3N4O3S. The van der Waals surface area contributed by atoms with Crippen LogP contribution in [0.3, 0.4) is 0 Å². The average molecular weight is 296 g/mol. The molecule has 104 valence electrons. The molecule has 1 N–H and O–H groups in total. The highest BCUT2D eigenvalue weighted by molar-refractivity contribution is 7.03. The Bertz CT molecular complexity index is 474. The molecule has 1 aliphatic rings.